The Balaban J connectivity index is -0.0000000457. The predicted octanol–water partition coefficient (Wildman–Crippen LogP) is -5.24. The molecule has 0 saturated carbocycles. The third kappa shape index (κ3) is 666. The second kappa shape index (κ2) is 8.93. The van der Waals surface area contributed by atoms with Crippen LogP contribution in [-0.2, 0) is 81.4 Å². The monoisotopic (exact) mass is 360 g/mol. The Kier molecular flexibility index (Phi) is 17.3. The molecule has 0 aromatic heterocycles. The van der Waals surface area contributed by atoms with Crippen LogP contribution < -0.4 is 16.6 Å². The van der Waals surface area contributed by atoms with Gasteiger partial charge in [-0.3, -0.25) is 0 Å². The van der Waals surface area contributed by atoms with Crippen LogP contribution in [0.15, 0.2) is 0 Å². The summed E-state index contributed by atoms with van der Waals surface area (Å²) < 4.78 is 68.8. The SMILES string of the molecule is [O]=[Cr](=[O])([O-])[O-].[O]=[Cr](=[O])([O-])[O-].[Zn+2].[Zn+2]. The summed E-state index contributed by atoms with van der Waals surface area (Å²) in [6, 6.07) is 0. The molecule has 0 aliphatic carbocycles. The van der Waals surface area contributed by atoms with Crippen LogP contribution in [0.2, 0.25) is 0 Å². The number of hydrogen-bond donors (Lipinski definition) is 0. The van der Waals surface area contributed by atoms with E-state index >= 15 is 0 Å². The third-order valence-electron chi connectivity index (χ3n) is 0. The minimum atomic E-state index is -5.75. The van der Waals surface area contributed by atoms with Crippen molar-refractivity contribution in [1.82, 2.24) is 0 Å². The molecule has 8 nitrogen and oxygen atoms in total. The van der Waals surface area contributed by atoms with Gasteiger partial charge in [0.25, 0.3) is 0 Å². The normalized spacial score (nSPS) is 9.67. The maximum absolute atomic E-state index is 8.59. The van der Waals surface area contributed by atoms with E-state index in [1.54, 1.807) is 0 Å². The number of rotatable bonds is 0. The molecule has 0 aliphatic rings. The van der Waals surface area contributed by atoms with Gasteiger partial charge in [0.15, 0.2) is 0 Å². The third-order valence-corrected chi connectivity index (χ3v) is 0. The van der Waals surface area contributed by atoms with Crippen LogP contribution >= 0.6 is 0 Å². The molecule has 0 rings (SSSR count). The first kappa shape index (κ1) is 23.3. The molecule has 0 unspecified atom stereocenters. The van der Waals surface area contributed by atoms with Gasteiger partial charge in [-0.1, -0.05) is 0 Å². The van der Waals surface area contributed by atoms with Crippen LogP contribution in [-0.4, -0.2) is 0 Å². The van der Waals surface area contributed by atoms with Crippen molar-refractivity contribution in [2.24, 2.45) is 0 Å². The Hall–Kier alpha value is 1.35. The van der Waals surface area contributed by atoms with Crippen molar-refractivity contribution in [3.8, 4) is 0 Å². The average molecular weight is 363 g/mol. The van der Waals surface area contributed by atoms with E-state index in [0.717, 1.165) is 0 Å². The van der Waals surface area contributed by atoms with Gasteiger partial charge in [0, 0.05) is 0 Å². The topological polar surface area (TPSA) is 161 Å². The molecule has 0 aliphatic heterocycles. The minimum Gasteiger partial charge on any atom is 2.00 e. The van der Waals surface area contributed by atoms with Crippen molar-refractivity contribution in [2.45, 2.75) is 0 Å². The van der Waals surface area contributed by atoms with Crippen LogP contribution in [0.4, 0.5) is 0 Å². The molecule has 0 amide bonds. The van der Waals surface area contributed by atoms with E-state index in [4.69, 9.17) is 31.8 Å². The molecule has 0 radical (unpaired) electrons. The molecule has 0 fully saturated rings. The van der Waals surface area contributed by atoms with Crippen molar-refractivity contribution < 1.29 is 98.0 Å². The van der Waals surface area contributed by atoms with Crippen molar-refractivity contribution in [1.29, 1.82) is 0 Å². The molecule has 12 heavy (non-hydrogen) atoms. The van der Waals surface area contributed by atoms with E-state index < -0.39 is 27.2 Å². The van der Waals surface area contributed by atoms with E-state index in [9.17, 15) is 0 Å². The summed E-state index contributed by atoms with van der Waals surface area (Å²) in [6.45, 7) is 0. The fraction of sp³-hybridized carbons (Fsp3) is 0. The van der Waals surface area contributed by atoms with Gasteiger partial charge in [-0.15, -0.1) is 0 Å². The van der Waals surface area contributed by atoms with E-state index in [0.29, 0.717) is 0 Å². The summed E-state index contributed by atoms with van der Waals surface area (Å²) in [5.74, 6) is 0. The molecule has 0 aromatic carbocycles. The van der Waals surface area contributed by atoms with Crippen molar-refractivity contribution >= 4 is 0 Å². The molecule has 12 heteroatoms. The van der Waals surface area contributed by atoms with Crippen LogP contribution in [0.5, 0.6) is 0 Å². The van der Waals surface area contributed by atoms with E-state index in [-0.39, 0.29) is 39.0 Å². The number of hydrogen-bond acceptors (Lipinski definition) is 8. The van der Waals surface area contributed by atoms with Crippen LogP contribution in [0, 0.1) is 0 Å². The van der Waals surface area contributed by atoms with Crippen LogP contribution in [0.1, 0.15) is 0 Å². The quantitative estimate of drug-likeness (QED) is 0.386. The average Bonchev–Trinajstić information content (AvgIpc) is 1.12. The Labute approximate surface area is 97.3 Å². The first-order valence-corrected chi connectivity index (χ1v) is 5.50. The molecule has 0 saturated heterocycles. The maximum Gasteiger partial charge on any atom is 2.00 e. The van der Waals surface area contributed by atoms with Crippen molar-refractivity contribution in [3.63, 3.8) is 0 Å². The fourth-order valence-electron chi connectivity index (χ4n) is 0. The zero-order valence-corrected chi connectivity index (χ0v) is 14.0. The molecule has 0 spiro atoms. The molecule has 64 valence electrons. The summed E-state index contributed by atoms with van der Waals surface area (Å²) in [5.41, 5.74) is 0. The Morgan fingerprint density at radius 2 is 0.583 bits per heavy atom. The maximum atomic E-state index is 8.59. The molecular formula is Cr2O8Zn2. The Morgan fingerprint density at radius 1 is 0.583 bits per heavy atom. The van der Waals surface area contributed by atoms with Gasteiger partial charge in [0.05, 0.1) is 0 Å². The Morgan fingerprint density at radius 3 is 0.583 bits per heavy atom. The largest absolute Gasteiger partial charge is 2.00 e. The summed E-state index contributed by atoms with van der Waals surface area (Å²) >= 11 is -11.5. The van der Waals surface area contributed by atoms with Gasteiger partial charge in [-0.05, 0) is 0 Å². The van der Waals surface area contributed by atoms with E-state index in [1.165, 1.54) is 0 Å². The predicted molar refractivity (Wildman–Crippen MR) is 2.75 cm³/mol. The summed E-state index contributed by atoms with van der Waals surface area (Å²) in [6.07, 6.45) is 0. The summed E-state index contributed by atoms with van der Waals surface area (Å²) in [5, 5.41) is 0. The molecule has 0 heterocycles. The van der Waals surface area contributed by atoms with Crippen LogP contribution in [0.25, 0.3) is 0 Å². The zero-order chi connectivity index (χ0) is 9.00. The molecular weight excluding hydrogens is 363 g/mol. The van der Waals surface area contributed by atoms with Gasteiger partial charge in [-0.25, -0.2) is 0 Å². The molecule has 0 aromatic rings. The summed E-state index contributed by atoms with van der Waals surface area (Å²) in [4.78, 5) is 0. The van der Waals surface area contributed by atoms with E-state index in [1.807, 2.05) is 0 Å². The van der Waals surface area contributed by atoms with Crippen LogP contribution in [0.3, 0.4) is 0 Å². The van der Waals surface area contributed by atoms with Gasteiger partial charge in [-0.2, -0.15) is 0 Å². The van der Waals surface area contributed by atoms with Gasteiger partial charge >= 0.3 is 98.0 Å². The molecule has 0 atom stereocenters. The first-order valence-electron chi connectivity index (χ1n) is 1.33. The van der Waals surface area contributed by atoms with E-state index in [2.05, 4.69) is 0 Å². The minimum absolute atomic E-state index is 0. The second-order valence-corrected chi connectivity index (χ2v) is 3.37. The first-order chi connectivity index (χ1) is 4.00. The van der Waals surface area contributed by atoms with Crippen molar-refractivity contribution in [2.75, 3.05) is 0 Å². The van der Waals surface area contributed by atoms with Crippen molar-refractivity contribution in [3.05, 3.63) is 0 Å². The smallest absolute Gasteiger partial charge is 2.00 e. The second-order valence-electron chi connectivity index (χ2n) is 0.816. The van der Waals surface area contributed by atoms with Gasteiger partial charge in [0.1, 0.15) is 0 Å². The summed E-state index contributed by atoms with van der Waals surface area (Å²) in [7, 11) is 0. The molecule has 0 N–H and O–H groups in total. The van der Waals surface area contributed by atoms with Gasteiger partial charge in [0.2, 0.25) is 0 Å². The standard InChI is InChI=1S/2Cr.8O.2Zn/q;;;;;;4*-1;2*+2. The van der Waals surface area contributed by atoms with Gasteiger partial charge < -0.3 is 0 Å². The zero-order valence-electron chi connectivity index (χ0n) is 5.50. The molecule has 0 bridgehead atoms. The Bertz CT molecular complexity index is 211. The fourth-order valence-corrected chi connectivity index (χ4v) is 0.